The smallest absolute Gasteiger partial charge is 0.257 e. The van der Waals surface area contributed by atoms with Gasteiger partial charge in [0.2, 0.25) is 5.91 Å². The number of hydrogen-bond acceptors (Lipinski definition) is 5. The molecule has 0 aliphatic carbocycles. The van der Waals surface area contributed by atoms with E-state index in [1.165, 1.54) is 24.9 Å². The number of nitrogens with one attached hydrogen (secondary N) is 2. The maximum atomic E-state index is 12.4. The van der Waals surface area contributed by atoms with Crippen molar-refractivity contribution in [1.82, 2.24) is 10.5 Å². The summed E-state index contributed by atoms with van der Waals surface area (Å²) in [7, 11) is 0. The highest BCUT2D eigenvalue weighted by Gasteiger charge is 2.22. The van der Waals surface area contributed by atoms with E-state index in [4.69, 9.17) is 4.52 Å². The van der Waals surface area contributed by atoms with Gasteiger partial charge in [0.1, 0.15) is 5.56 Å². The number of rotatable bonds is 6. The van der Waals surface area contributed by atoms with Gasteiger partial charge in [0.05, 0.1) is 12.2 Å². The molecule has 7 heteroatoms. The molecule has 0 spiro atoms. The molecule has 0 radical (unpaired) electrons. The largest absolute Gasteiger partial charge is 0.372 e. The predicted octanol–water partition coefficient (Wildman–Crippen LogP) is 3.47. The molecule has 150 valence electrons. The molecule has 0 atom stereocenters. The summed E-state index contributed by atoms with van der Waals surface area (Å²) < 4.78 is 5.23. The van der Waals surface area contributed by atoms with Gasteiger partial charge in [-0.05, 0) is 50.5 Å². The van der Waals surface area contributed by atoms with Gasteiger partial charge in [-0.2, -0.15) is 0 Å². The van der Waals surface area contributed by atoms with E-state index in [1.54, 1.807) is 6.92 Å². The topological polar surface area (TPSA) is 87.5 Å². The van der Waals surface area contributed by atoms with Gasteiger partial charge in [0, 0.05) is 30.4 Å². The van der Waals surface area contributed by atoms with Crippen LogP contribution >= 0.6 is 0 Å². The number of anilines is 2. The van der Waals surface area contributed by atoms with Crippen molar-refractivity contribution >= 4 is 23.2 Å². The number of piperidine rings is 1. The lowest BCUT2D eigenvalue weighted by Gasteiger charge is -2.28. The SMILES string of the molecule is Cc1noc(C(C)C)c1C(=O)NCC(=O)Nc1ccc(N2CCCCC2)cc1. The molecular formula is C21H28N4O3. The van der Waals surface area contributed by atoms with Gasteiger partial charge in [-0.15, -0.1) is 0 Å². The third kappa shape index (κ3) is 4.71. The molecule has 1 aliphatic rings. The molecule has 1 aliphatic heterocycles. The van der Waals surface area contributed by atoms with Crippen LogP contribution in [-0.4, -0.2) is 36.6 Å². The molecule has 0 unspecified atom stereocenters. The van der Waals surface area contributed by atoms with E-state index < -0.39 is 0 Å². The molecule has 28 heavy (non-hydrogen) atoms. The van der Waals surface area contributed by atoms with Crippen molar-refractivity contribution in [3.05, 3.63) is 41.3 Å². The molecule has 1 aromatic carbocycles. The Hall–Kier alpha value is -2.83. The number of aromatic nitrogens is 1. The van der Waals surface area contributed by atoms with Crippen molar-refractivity contribution in [1.29, 1.82) is 0 Å². The van der Waals surface area contributed by atoms with Crippen LogP contribution in [0.1, 0.15) is 60.8 Å². The van der Waals surface area contributed by atoms with E-state index in [0.29, 0.717) is 22.7 Å². The maximum absolute atomic E-state index is 12.4. The molecule has 7 nitrogen and oxygen atoms in total. The fourth-order valence-electron chi connectivity index (χ4n) is 3.42. The molecule has 3 rings (SSSR count). The summed E-state index contributed by atoms with van der Waals surface area (Å²) in [5.74, 6) is -0.0600. The normalized spacial score (nSPS) is 14.2. The van der Waals surface area contributed by atoms with E-state index in [2.05, 4.69) is 20.7 Å². The van der Waals surface area contributed by atoms with Gasteiger partial charge in [0.15, 0.2) is 5.76 Å². The lowest BCUT2D eigenvalue weighted by atomic mass is 10.0. The van der Waals surface area contributed by atoms with Gasteiger partial charge in [-0.3, -0.25) is 9.59 Å². The third-order valence-electron chi connectivity index (χ3n) is 4.92. The number of aryl methyl sites for hydroxylation is 1. The van der Waals surface area contributed by atoms with E-state index in [9.17, 15) is 9.59 Å². The van der Waals surface area contributed by atoms with Crippen molar-refractivity contribution in [2.45, 2.75) is 46.0 Å². The molecule has 1 aromatic heterocycles. The van der Waals surface area contributed by atoms with Crippen LogP contribution in [0.25, 0.3) is 0 Å². The summed E-state index contributed by atoms with van der Waals surface area (Å²) in [6, 6.07) is 7.83. The van der Waals surface area contributed by atoms with Crippen LogP contribution in [0, 0.1) is 6.92 Å². The molecule has 1 fully saturated rings. The number of hydrogen-bond donors (Lipinski definition) is 2. The predicted molar refractivity (Wildman–Crippen MR) is 109 cm³/mol. The highest BCUT2D eigenvalue weighted by molar-refractivity contribution is 6.00. The number of carbonyl (C=O) groups excluding carboxylic acids is 2. The van der Waals surface area contributed by atoms with Crippen LogP contribution < -0.4 is 15.5 Å². The first kappa shape index (κ1) is 19.9. The van der Waals surface area contributed by atoms with Gasteiger partial charge in [0.25, 0.3) is 5.91 Å². The second-order valence-corrected chi connectivity index (χ2v) is 7.49. The van der Waals surface area contributed by atoms with E-state index in [-0.39, 0.29) is 24.3 Å². The second-order valence-electron chi connectivity index (χ2n) is 7.49. The highest BCUT2D eigenvalue weighted by Crippen LogP contribution is 2.23. The monoisotopic (exact) mass is 384 g/mol. The Balaban J connectivity index is 1.53. The van der Waals surface area contributed by atoms with E-state index in [0.717, 1.165) is 13.1 Å². The minimum absolute atomic E-state index is 0.0363. The summed E-state index contributed by atoms with van der Waals surface area (Å²) in [4.78, 5) is 27.0. The molecule has 0 saturated carbocycles. The quantitative estimate of drug-likeness (QED) is 0.796. The van der Waals surface area contributed by atoms with E-state index in [1.807, 2.05) is 38.1 Å². The summed E-state index contributed by atoms with van der Waals surface area (Å²) in [6.07, 6.45) is 3.74. The van der Waals surface area contributed by atoms with Crippen molar-refractivity contribution in [2.24, 2.45) is 0 Å². The minimum Gasteiger partial charge on any atom is -0.372 e. The van der Waals surface area contributed by atoms with Gasteiger partial charge >= 0.3 is 0 Å². The molecule has 1 saturated heterocycles. The first-order chi connectivity index (χ1) is 13.5. The van der Waals surface area contributed by atoms with Crippen LogP contribution in [0.2, 0.25) is 0 Å². The maximum Gasteiger partial charge on any atom is 0.257 e. The first-order valence-corrected chi connectivity index (χ1v) is 9.85. The van der Waals surface area contributed by atoms with Gasteiger partial charge in [-0.1, -0.05) is 19.0 Å². The number of amides is 2. The lowest BCUT2D eigenvalue weighted by Crippen LogP contribution is -2.33. The number of benzene rings is 1. The molecule has 2 amide bonds. The Kier molecular flexibility index (Phi) is 6.34. The number of carbonyl (C=O) groups is 2. The summed E-state index contributed by atoms with van der Waals surface area (Å²) in [5.41, 5.74) is 2.82. The second kappa shape index (κ2) is 8.91. The highest BCUT2D eigenvalue weighted by atomic mass is 16.5. The first-order valence-electron chi connectivity index (χ1n) is 9.85. The molecule has 2 heterocycles. The fourth-order valence-corrected chi connectivity index (χ4v) is 3.42. The standard InChI is InChI=1S/C21H28N4O3/c1-14(2)20-19(15(3)24-28-20)21(27)22-13-18(26)23-16-7-9-17(10-8-16)25-11-5-4-6-12-25/h7-10,14H,4-6,11-13H2,1-3H3,(H,22,27)(H,23,26). The lowest BCUT2D eigenvalue weighted by molar-refractivity contribution is -0.115. The van der Waals surface area contributed by atoms with Crippen LogP contribution in [0.5, 0.6) is 0 Å². The van der Waals surface area contributed by atoms with Gasteiger partial charge < -0.3 is 20.1 Å². The van der Waals surface area contributed by atoms with Crippen LogP contribution in [0.15, 0.2) is 28.8 Å². The molecule has 2 aromatic rings. The average molecular weight is 384 g/mol. The van der Waals surface area contributed by atoms with Crippen LogP contribution in [0.4, 0.5) is 11.4 Å². The summed E-state index contributed by atoms with van der Waals surface area (Å²) >= 11 is 0. The zero-order chi connectivity index (χ0) is 20.1. The van der Waals surface area contributed by atoms with Gasteiger partial charge in [-0.25, -0.2) is 0 Å². The number of nitrogens with zero attached hydrogens (tertiary/aromatic N) is 2. The Morgan fingerprint density at radius 3 is 2.46 bits per heavy atom. The fraction of sp³-hybridized carbons (Fsp3) is 0.476. The minimum atomic E-state index is -0.349. The Labute approximate surface area is 165 Å². The van der Waals surface area contributed by atoms with Crippen molar-refractivity contribution in [3.63, 3.8) is 0 Å². The summed E-state index contributed by atoms with van der Waals surface area (Å²) in [5, 5.41) is 9.32. The van der Waals surface area contributed by atoms with Crippen molar-refractivity contribution in [2.75, 3.05) is 29.9 Å². The van der Waals surface area contributed by atoms with Crippen molar-refractivity contribution in [3.8, 4) is 0 Å². The Morgan fingerprint density at radius 1 is 1.14 bits per heavy atom. The summed E-state index contributed by atoms with van der Waals surface area (Å²) in [6.45, 7) is 7.62. The molecule has 2 N–H and O–H groups in total. The van der Waals surface area contributed by atoms with E-state index >= 15 is 0 Å². The van der Waals surface area contributed by atoms with Crippen molar-refractivity contribution < 1.29 is 14.1 Å². The van der Waals surface area contributed by atoms with Crippen LogP contribution in [0.3, 0.4) is 0 Å². The Morgan fingerprint density at radius 2 is 1.82 bits per heavy atom. The molecule has 0 bridgehead atoms. The Bertz CT molecular complexity index is 821. The third-order valence-corrected chi connectivity index (χ3v) is 4.92. The van der Waals surface area contributed by atoms with Crippen LogP contribution in [-0.2, 0) is 4.79 Å². The zero-order valence-electron chi connectivity index (χ0n) is 16.7. The average Bonchev–Trinajstić information content (AvgIpc) is 3.09. The zero-order valence-corrected chi connectivity index (χ0v) is 16.7. The molecular weight excluding hydrogens is 356 g/mol.